The van der Waals surface area contributed by atoms with Crippen molar-refractivity contribution in [3.63, 3.8) is 0 Å². The van der Waals surface area contributed by atoms with Gasteiger partial charge in [0.25, 0.3) is 0 Å². The minimum absolute atomic E-state index is 0.00585. The first kappa shape index (κ1) is 18.1. The molecule has 1 unspecified atom stereocenters. The van der Waals surface area contributed by atoms with Gasteiger partial charge in [-0.05, 0) is 13.8 Å². The summed E-state index contributed by atoms with van der Waals surface area (Å²) in [7, 11) is -3.29. The number of carboxylic acid groups (broad SMARTS) is 1. The number of thioether (sulfide) groups is 1. The van der Waals surface area contributed by atoms with E-state index in [1.807, 2.05) is 0 Å². The van der Waals surface area contributed by atoms with Gasteiger partial charge in [-0.15, -0.1) is 0 Å². The van der Waals surface area contributed by atoms with Gasteiger partial charge in [0.2, 0.25) is 0 Å². The van der Waals surface area contributed by atoms with Gasteiger partial charge in [0.15, 0.2) is 9.84 Å². The van der Waals surface area contributed by atoms with Crippen LogP contribution in [0.3, 0.4) is 0 Å². The van der Waals surface area contributed by atoms with Crippen molar-refractivity contribution in [2.75, 3.05) is 30.9 Å². The summed E-state index contributed by atoms with van der Waals surface area (Å²) in [5, 5.41) is 11.5. The lowest BCUT2D eigenvalue weighted by molar-refractivity contribution is -0.138. The van der Waals surface area contributed by atoms with E-state index in [9.17, 15) is 18.0 Å². The van der Waals surface area contributed by atoms with Crippen LogP contribution in [0.15, 0.2) is 0 Å². The van der Waals surface area contributed by atoms with Crippen LogP contribution in [-0.4, -0.2) is 72.1 Å². The third-order valence-electron chi connectivity index (χ3n) is 3.57. The van der Waals surface area contributed by atoms with Crippen molar-refractivity contribution in [3.8, 4) is 0 Å². The molecule has 0 spiro atoms. The van der Waals surface area contributed by atoms with Crippen molar-refractivity contribution in [2.24, 2.45) is 0 Å². The number of amides is 2. The molecule has 21 heavy (non-hydrogen) atoms. The Kier molecular flexibility index (Phi) is 5.92. The van der Waals surface area contributed by atoms with Gasteiger partial charge >= 0.3 is 12.0 Å². The van der Waals surface area contributed by atoms with Crippen LogP contribution in [0.1, 0.15) is 20.3 Å². The number of nitrogens with one attached hydrogen (secondary N) is 1. The van der Waals surface area contributed by atoms with Crippen LogP contribution in [0, 0.1) is 0 Å². The average Bonchev–Trinajstić information content (AvgIpc) is 2.34. The Morgan fingerprint density at radius 3 is 2.57 bits per heavy atom. The number of carbonyl (C=O) groups is 2. The van der Waals surface area contributed by atoms with Crippen molar-refractivity contribution in [3.05, 3.63) is 0 Å². The maximum Gasteiger partial charge on any atom is 0.317 e. The molecule has 1 rings (SSSR count). The molecule has 1 fully saturated rings. The SMILES string of the molecule is CC(C)(CNC(=O)N1CCSCC1CC(=O)O)S(C)(=O)=O. The van der Waals surface area contributed by atoms with Crippen LogP contribution in [0.5, 0.6) is 0 Å². The van der Waals surface area contributed by atoms with Crippen molar-refractivity contribution >= 4 is 33.6 Å². The summed E-state index contributed by atoms with van der Waals surface area (Å²) >= 11 is 1.61. The highest BCUT2D eigenvalue weighted by Crippen LogP contribution is 2.20. The molecule has 0 aliphatic carbocycles. The molecule has 2 N–H and O–H groups in total. The molecule has 9 heteroatoms. The second-order valence-electron chi connectivity index (χ2n) is 5.71. The predicted octanol–water partition coefficient (Wildman–Crippen LogP) is 0.411. The Balaban J connectivity index is 2.66. The van der Waals surface area contributed by atoms with E-state index in [-0.39, 0.29) is 19.0 Å². The molecular weight excluding hydrogens is 316 g/mol. The first-order valence-corrected chi connectivity index (χ1v) is 9.63. The largest absolute Gasteiger partial charge is 0.481 e. The van der Waals surface area contributed by atoms with E-state index < -0.39 is 26.6 Å². The third-order valence-corrected chi connectivity index (χ3v) is 6.81. The fourth-order valence-corrected chi connectivity index (χ4v) is 3.21. The standard InChI is InChI=1S/C12H22N2O5S2/c1-12(2,21(3,18)19)8-13-11(17)14-4-5-20-7-9(14)6-10(15)16/h9H,4-8H2,1-3H3,(H,13,17)(H,15,16). The maximum absolute atomic E-state index is 12.2. The summed E-state index contributed by atoms with van der Waals surface area (Å²) < 4.78 is 22.2. The molecule has 1 heterocycles. The fraction of sp³-hybridized carbons (Fsp3) is 0.833. The van der Waals surface area contributed by atoms with Crippen LogP contribution < -0.4 is 5.32 Å². The first-order valence-electron chi connectivity index (χ1n) is 6.58. The highest BCUT2D eigenvalue weighted by molar-refractivity contribution is 7.99. The topological polar surface area (TPSA) is 104 Å². The number of aliphatic carboxylic acids is 1. The first-order chi connectivity index (χ1) is 9.54. The Bertz CT molecular complexity index is 504. The lowest BCUT2D eigenvalue weighted by Gasteiger charge is -2.35. The minimum Gasteiger partial charge on any atom is -0.481 e. The van der Waals surface area contributed by atoms with Crippen molar-refractivity contribution < 1.29 is 23.1 Å². The predicted molar refractivity (Wildman–Crippen MR) is 82.4 cm³/mol. The smallest absolute Gasteiger partial charge is 0.317 e. The van der Waals surface area contributed by atoms with Gasteiger partial charge in [0.05, 0.1) is 17.2 Å². The average molecular weight is 338 g/mol. The molecule has 0 saturated carbocycles. The molecule has 1 aliphatic rings. The summed E-state index contributed by atoms with van der Waals surface area (Å²) in [6, 6.07) is -0.763. The van der Waals surface area contributed by atoms with Crippen LogP contribution in [0.2, 0.25) is 0 Å². The number of hydrogen-bond donors (Lipinski definition) is 2. The van der Waals surface area contributed by atoms with E-state index in [4.69, 9.17) is 5.11 Å². The van der Waals surface area contributed by atoms with Crippen LogP contribution in [0.25, 0.3) is 0 Å². The second kappa shape index (κ2) is 6.87. The number of sulfone groups is 1. The van der Waals surface area contributed by atoms with Crippen molar-refractivity contribution in [2.45, 2.75) is 31.1 Å². The molecule has 0 aromatic rings. The summed E-state index contributed by atoms with van der Waals surface area (Å²) in [5.74, 6) is 0.380. The highest BCUT2D eigenvalue weighted by Gasteiger charge is 2.33. The van der Waals surface area contributed by atoms with E-state index in [0.29, 0.717) is 12.3 Å². The fourth-order valence-electron chi connectivity index (χ4n) is 1.81. The van der Waals surface area contributed by atoms with Gasteiger partial charge < -0.3 is 15.3 Å². The number of nitrogens with zero attached hydrogens (tertiary/aromatic N) is 1. The molecule has 1 aliphatic heterocycles. The second-order valence-corrected chi connectivity index (χ2v) is 9.51. The molecule has 2 amide bonds. The number of carboxylic acids is 1. The summed E-state index contributed by atoms with van der Waals surface area (Å²) in [5.41, 5.74) is 0. The molecular formula is C12H22N2O5S2. The van der Waals surface area contributed by atoms with E-state index in [1.54, 1.807) is 25.6 Å². The summed E-state index contributed by atoms with van der Waals surface area (Å²) in [6.45, 7) is 3.55. The minimum atomic E-state index is -3.29. The summed E-state index contributed by atoms with van der Waals surface area (Å²) in [4.78, 5) is 24.5. The van der Waals surface area contributed by atoms with Gasteiger partial charge in [-0.1, -0.05) is 0 Å². The Labute approximate surface area is 129 Å². The van der Waals surface area contributed by atoms with Crippen LogP contribution >= 0.6 is 11.8 Å². The van der Waals surface area contributed by atoms with Crippen LogP contribution in [-0.2, 0) is 14.6 Å². The Hall–Kier alpha value is -0.960. The van der Waals surface area contributed by atoms with Crippen molar-refractivity contribution in [1.29, 1.82) is 0 Å². The molecule has 1 atom stereocenters. The summed E-state index contributed by atoms with van der Waals surface area (Å²) in [6.07, 6.45) is 1.03. The van der Waals surface area contributed by atoms with E-state index in [0.717, 1.165) is 12.0 Å². The number of hydrogen-bond acceptors (Lipinski definition) is 5. The number of carbonyl (C=O) groups excluding carboxylic acids is 1. The molecule has 7 nitrogen and oxygen atoms in total. The van der Waals surface area contributed by atoms with E-state index in [1.165, 1.54) is 4.90 Å². The highest BCUT2D eigenvalue weighted by atomic mass is 32.2. The zero-order chi connectivity index (χ0) is 16.3. The Morgan fingerprint density at radius 1 is 1.43 bits per heavy atom. The van der Waals surface area contributed by atoms with E-state index >= 15 is 0 Å². The van der Waals surface area contributed by atoms with E-state index in [2.05, 4.69) is 5.32 Å². The lowest BCUT2D eigenvalue weighted by Crippen LogP contribution is -2.54. The molecule has 0 aromatic heterocycles. The lowest BCUT2D eigenvalue weighted by atomic mass is 10.2. The normalized spacial score (nSPS) is 20.1. The monoisotopic (exact) mass is 338 g/mol. The number of urea groups is 1. The van der Waals surface area contributed by atoms with Gasteiger partial charge in [0.1, 0.15) is 0 Å². The molecule has 0 aromatic carbocycles. The molecule has 122 valence electrons. The van der Waals surface area contributed by atoms with Gasteiger partial charge in [-0.3, -0.25) is 4.79 Å². The van der Waals surface area contributed by atoms with Gasteiger partial charge in [0, 0.05) is 30.9 Å². The van der Waals surface area contributed by atoms with Crippen LogP contribution in [0.4, 0.5) is 4.79 Å². The van der Waals surface area contributed by atoms with Gasteiger partial charge in [-0.25, -0.2) is 13.2 Å². The Morgan fingerprint density at radius 2 is 2.05 bits per heavy atom. The molecule has 0 radical (unpaired) electrons. The molecule has 1 saturated heterocycles. The third kappa shape index (κ3) is 5.06. The quantitative estimate of drug-likeness (QED) is 0.752. The molecule has 0 bridgehead atoms. The van der Waals surface area contributed by atoms with Gasteiger partial charge in [-0.2, -0.15) is 11.8 Å². The number of rotatable bonds is 5. The van der Waals surface area contributed by atoms with Crippen molar-refractivity contribution in [1.82, 2.24) is 10.2 Å². The zero-order valence-corrected chi connectivity index (χ0v) is 14.1. The maximum atomic E-state index is 12.2. The zero-order valence-electron chi connectivity index (χ0n) is 12.5.